The van der Waals surface area contributed by atoms with Crippen LogP contribution in [0.4, 0.5) is 16.2 Å². The summed E-state index contributed by atoms with van der Waals surface area (Å²) in [4.78, 5) is 12.1. The van der Waals surface area contributed by atoms with Gasteiger partial charge in [-0.15, -0.1) is 0 Å². The first kappa shape index (κ1) is 13.5. The number of nitrogen functional groups attached to an aromatic ring is 1. The van der Waals surface area contributed by atoms with E-state index in [9.17, 15) is 4.79 Å². The number of urea groups is 1. The first-order valence-corrected chi connectivity index (χ1v) is 7.23. The smallest absolute Gasteiger partial charge is 0.319 e. The average molecular weight is 281 g/mol. The SMILES string of the molecule is Nc1ccc(NC(=O)NC2CCCc3ccccc32)cc1. The fraction of sp³-hybridized carbons (Fsp3) is 0.235. The number of nitrogens with one attached hydrogen (secondary N) is 2. The molecule has 2 aromatic carbocycles. The molecule has 21 heavy (non-hydrogen) atoms. The number of amides is 2. The van der Waals surface area contributed by atoms with Crippen molar-refractivity contribution in [2.75, 3.05) is 11.1 Å². The highest BCUT2D eigenvalue weighted by Crippen LogP contribution is 2.29. The maximum Gasteiger partial charge on any atom is 0.319 e. The van der Waals surface area contributed by atoms with Gasteiger partial charge in [0.05, 0.1) is 6.04 Å². The van der Waals surface area contributed by atoms with E-state index in [0.29, 0.717) is 5.69 Å². The fourth-order valence-electron chi connectivity index (χ4n) is 2.80. The molecule has 0 aliphatic heterocycles. The molecule has 1 aliphatic rings. The third-order valence-corrected chi connectivity index (χ3v) is 3.84. The summed E-state index contributed by atoms with van der Waals surface area (Å²) in [6.45, 7) is 0. The Morgan fingerprint density at radius 1 is 1.10 bits per heavy atom. The van der Waals surface area contributed by atoms with Crippen LogP contribution in [0, 0.1) is 0 Å². The molecule has 1 atom stereocenters. The fourth-order valence-corrected chi connectivity index (χ4v) is 2.80. The van der Waals surface area contributed by atoms with Crippen molar-refractivity contribution in [1.82, 2.24) is 5.32 Å². The molecule has 0 saturated carbocycles. The Bertz CT molecular complexity index is 637. The third kappa shape index (κ3) is 3.16. The molecule has 0 spiro atoms. The van der Waals surface area contributed by atoms with Crippen LogP contribution in [-0.2, 0) is 6.42 Å². The van der Waals surface area contributed by atoms with E-state index in [2.05, 4.69) is 28.8 Å². The minimum absolute atomic E-state index is 0.0868. The van der Waals surface area contributed by atoms with Crippen LogP contribution in [0.25, 0.3) is 0 Å². The Hall–Kier alpha value is -2.49. The molecule has 1 unspecified atom stereocenters. The lowest BCUT2D eigenvalue weighted by Gasteiger charge is -2.26. The molecule has 2 amide bonds. The van der Waals surface area contributed by atoms with E-state index >= 15 is 0 Å². The van der Waals surface area contributed by atoms with Gasteiger partial charge in [-0.05, 0) is 54.7 Å². The van der Waals surface area contributed by atoms with Crippen LogP contribution in [0.5, 0.6) is 0 Å². The Morgan fingerprint density at radius 2 is 1.86 bits per heavy atom. The molecule has 0 heterocycles. The number of hydrogen-bond donors (Lipinski definition) is 3. The molecule has 4 nitrogen and oxygen atoms in total. The second kappa shape index (κ2) is 5.87. The van der Waals surface area contributed by atoms with Crippen LogP contribution in [-0.4, -0.2) is 6.03 Å². The van der Waals surface area contributed by atoms with Gasteiger partial charge in [-0.1, -0.05) is 24.3 Å². The number of aryl methyl sites for hydroxylation is 1. The van der Waals surface area contributed by atoms with Crippen molar-refractivity contribution >= 4 is 17.4 Å². The predicted molar refractivity (Wildman–Crippen MR) is 85.1 cm³/mol. The van der Waals surface area contributed by atoms with Crippen molar-refractivity contribution in [3.8, 4) is 0 Å². The number of carbonyl (C=O) groups excluding carboxylic acids is 1. The topological polar surface area (TPSA) is 67.1 Å². The largest absolute Gasteiger partial charge is 0.399 e. The van der Waals surface area contributed by atoms with E-state index in [1.807, 2.05) is 6.07 Å². The van der Waals surface area contributed by atoms with Gasteiger partial charge in [0.2, 0.25) is 0 Å². The van der Waals surface area contributed by atoms with Gasteiger partial charge in [-0.2, -0.15) is 0 Å². The molecule has 0 fully saturated rings. The van der Waals surface area contributed by atoms with Crippen LogP contribution in [0.3, 0.4) is 0 Å². The molecule has 0 aromatic heterocycles. The Morgan fingerprint density at radius 3 is 2.67 bits per heavy atom. The van der Waals surface area contributed by atoms with Crippen LogP contribution in [0.2, 0.25) is 0 Å². The van der Waals surface area contributed by atoms with Gasteiger partial charge in [0.1, 0.15) is 0 Å². The first-order chi connectivity index (χ1) is 10.2. The normalized spacial score (nSPS) is 16.9. The van der Waals surface area contributed by atoms with Crippen molar-refractivity contribution in [3.05, 3.63) is 59.7 Å². The van der Waals surface area contributed by atoms with E-state index in [0.717, 1.165) is 24.9 Å². The van der Waals surface area contributed by atoms with Crippen LogP contribution < -0.4 is 16.4 Å². The van der Waals surface area contributed by atoms with Gasteiger partial charge in [0.15, 0.2) is 0 Å². The minimum atomic E-state index is -0.179. The summed E-state index contributed by atoms with van der Waals surface area (Å²) in [7, 11) is 0. The lowest BCUT2D eigenvalue weighted by Crippen LogP contribution is -2.34. The Kier molecular flexibility index (Phi) is 3.77. The molecule has 2 aromatic rings. The molecule has 4 heteroatoms. The summed E-state index contributed by atoms with van der Waals surface area (Å²) in [6, 6.07) is 15.4. The lowest BCUT2D eigenvalue weighted by molar-refractivity contribution is 0.247. The number of carbonyl (C=O) groups is 1. The Balaban J connectivity index is 1.67. The van der Waals surface area contributed by atoms with E-state index in [4.69, 9.17) is 5.73 Å². The summed E-state index contributed by atoms with van der Waals surface area (Å²) in [5, 5.41) is 5.90. The molecule has 0 bridgehead atoms. The standard InChI is InChI=1S/C17H19N3O/c18-13-8-10-14(11-9-13)19-17(21)20-16-7-3-5-12-4-1-2-6-15(12)16/h1-2,4,6,8-11,16H,3,5,7,18H2,(H2,19,20,21). The predicted octanol–water partition coefficient (Wildman–Crippen LogP) is 3.47. The van der Waals surface area contributed by atoms with Gasteiger partial charge >= 0.3 is 6.03 Å². The molecule has 108 valence electrons. The monoisotopic (exact) mass is 281 g/mol. The summed E-state index contributed by atoms with van der Waals surface area (Å²) < 4.78 is 0. The minimum Gasteiger partial charge on any atom is -0.399 e. The lowest BCUT2D eigenvalue weighted by atomic mass is 9.88. The van der Waals surface area contributed by atoms with Crippen molar-refractivity contribution in [3.63, 3.8) is 0 Å². The quantitative estimate of drug-likeness (QED) is 0.738. The number of nitrogens with two attached hydrogens (primary N) is 1. The highest BCUT2D eigenvalue weighted by atomic mass is 16.2. The van der Waals surface area contributed by atoms with Crippen LogP contribution in [0.15, 0.2) is 48.5 Å². The summed E-state index contributed by atoms with van der Waals surface area (Å²) in [5.74, 6) is 0. The second-order valence-corrected chi connectivity index (χ2v) is 5.36. The van der Waals surface area contributed by atoms with E-state index in [1.165, 1.54) is 11.1 Å². The number of fused-ring (bicyclic) bond motifs is 1. The number of anilines is 2. The molecule has 3 rings (SSSR count). The van der Waals surface area contributed by atoms with Crippen molar-refractivity contribution in [2.45, 2.75) is 25.3 Å². The van der Waals surface area contributed by atoms with Gasteiger partial charge in [0, 0.05) is 11.4 Å². The number of hydrogen-bond acceptors (Lipinski definition) is 2. The van der Waals surface area contributed by atoms with E-state index < -0.39 is 0 Å². The van der Waals surface area contributed by atoms with Crippen molar-refractivity contribution in [2.24, 2.45) is 0 Å². The molecule has 0 radical (unpaired) electrons. The molecule has 1 aliphatic carbocycles. The van der Waals surface area contributed by atoms with Crippen molar-refractivity contribution in [1.29, 1.82) is 0 Å². The molecular weight excluding hydrogens is 262 g/mol. The van der Waals surface area contributed by atoms with Crippen molar-refractivity contribution < 1.29 is 4.79 Å². The van der Waals surface area contributed by atoms with Crippen LogP contribution >= 0.6 is 0 Å². The van der Waals surface area contributed by atoms with E-state index in [-0.39, 0.29) is 12.1 Å². The average Bonchev–Trinajstić information content (AvgIpc) is 2.50. The summed E-state index contributed by atoms with van der Waals surface area (Å²) in [5.41, 5.74) is 9.62. The highest BCUT2D eigenvalue weighted by Gasteiger charge is 2.21. The zero-order chi connectivity index (χ0) is 14.7. The Labute approximate surface area is 124 Å². The van der Waals surface area contributed by atoms with Gasteiger partial charge in [-0.3, -0.25) is 0 Å². The zero-order valence-corrected chi connectivity index (χ0v) is 11.8. The van der Waals surface area contributed by atoms with Gasteiger partial charge in [-0.25, -0.2) is 4.79 Å². The van der Waals surface area contributed by atoms with E-state index in [1.54, 1.807) is 24.3 Å². The van der Waals surface area contributed by atoms with Gasteiger partial charge < -0.3 is 16.4 Å². The number of benzene rings is 2. The third-order valence-electron chi connectivity index (χ3n) is 3.84. The second-order valence-electron chi connectivity index (χ2n) is 5.36. The molecule has 0 saturated heterocycles. The van der Waals surface area contributed by atoms with Crippen LogP contribution in [0.1, 0.15) is 30.0 Å². The number of rotatable bonds is 2. The first-order valence-electron chi connectivity index (χ1n) is 7.23. The highest BCUT2D eigenvalue weighted by molar-refractivity contribution is 5.89. The molecular formula is C17H19N3O. The zero-order valence-electron chi connectivity index (χ0n) is 11.8. The summed E-state index contributed by atoms with van der Waals surface area (Å²) >= 11 is 0. The summed E-state index contributed by atoms with van der Waals surface area (Å²) in [6.07, 6.45) is 3.17. The van der Waals surface area contributed by atoms with Gasteiger partial charge in [0.25, 0.3) is 0 Å². The molecule has 4 N–H and O–H groups in total. The maximum atomic E-state index is 12.1. The maximum absolute atomic E-state index is 12.1.